The first-order valence-corrected chi connectivity index (χ1v) is 6.02. The minimum atomic E-state index is -2.92. The molecule has 1 heterocycles. The maximum Gasteiger partial charge on any atom is 0.214 e. The molecule has 0 aromatic heterocycles. The molecule has 4 heteroatoms. The molecule has 1 saturated heterocycles. The Kier molecular flexibility index (Phi) is 2.78. The predicted molar refractivity (Wildman–Crippen MR) is 49.4 cm³/mol. The molecular formula is C8H17NO2S. The van der Waals surface area contributed by atoms with Crippen LogP contribution >= 0.6 is 0 Å². The van der Waals surface area contributed by atoms with E-state index in [4.69, 9.17) is 0 Å². The lowest BCUT2D eigenvalue weighted by Crippen LogP contribution is -2.45. The van der Waals surface area contributed by atoms with Crippen LogP contribution in [0.5, 0.6) is 0 Å². The van der Waals surface area contributed by atoms with E-state index in [1.54, 1.807) is 11.4 Å². The summed E-state index contributed by atoms with van der Waals surface area (Å²) < 4.78 is 24.4. The number of rotatable bonds is 1. The fraction of sp³-hybridized carbons (Fsp3) is 1.00. The number of sulfonamides is 1. The minimum absolute atomic E-state index is 0.212. The Morgan fingerprint density at radius 1 is 1.42 bits per heavy atom. The lowest BCUT2D eigenvalue weighted by atomic mass is 10.00. The average molecular weight is 191 g/mol. The van der Waals surface area contributed by atoms with Gasteiger partial charge in [0.05, 0.1) is 5.75 Å². The van der Waals surface area contributed by atoms with Gasteiger partial charge in [0.1, 0.15) is 0 Å². The zero-order valence-corrected chi connectivity index (χ0v) is 8.76. The van der Waals surface area contributed by atoms with E-state index in [0.717, 1.165) is 12.8 Å². The lowest BCUT2D eigenvalue weighted by molar-refractivity contribution is 0.262. The summed E-state index contributed by atoms with van der Waals surface area (Å²) >= 11 is 0. The van der Waals surface area contributed by atoms with E-state index in [1.807, 2.05) is 0 Å². The molecule has 1 unspecified atom stereocenters. The van der Waals surface area contributed by atoms with Crippen molar-refractivity contribution in [3.8, 4) is 0 Å². The molecule has 1 fully saturated rings. The molecule has 0 N–H and O–H groups in total. The molecule has 1 aliphatic heterocycles. The summed E-state index contributed by atoms with van der Waals surface area (Å²) in [5, 5.41) is 0. The molecule has 0 saturated carbocycles. The standard InChI is InChI=1S/C8H17NO2S/c1-7(2)8-5-4-6-12(10,11)9(8)3/h7-8H,4-6H2,1-3H3. The van der Waals surface area contributed by atoms with Gasteiger partial charge in [0.15, 0.2) is 0 Å². The maximum atomic E-state index is 11.4. The number of hydrogen-bond acceptors (Lipinski definition) is 2. The van der Waals surface area contributed by atoms with E-state index in [9.17, 15) is 8.42 Å². The highest BCUT2D eigenvalue weighted by atomic mass is 32.2. The summed E-state index contributed by atoms with van der Waals surface area (Å²) in [6.07, 6.45) is 1.82. The maximum absolute atomic E-state index is 11.4. The molecule has 0 spiro atoms. The molecule has 12 heavy (non-hydrogen) atoms. The van der Waals surface area contributed by atoms with Crippen molar-refractivity contribution in [2.75, 3.05) is 12.8 Å². The third kappa shape index (κ3) is 1.80. The van der Waals surface area contributed by atoms with Gasteiger partial charge in [0.2, 0.25) is 10.0 Å². The van der Waals surface area contributed by atoms with Crippen molar-refractivity contribution in [2.45, 2.75) is 32.7 Å². The number of hydrogen-bond donors (Lipinski definition) is 0. The Morgan fingerprint density at radius 3 is 2.42 bits per heavy atom. The summed E-state index contributed by atoms with van der Waals surface area (Å²) in [7, 11) is -1.23. The van der Waals surface area contributed by atoms with Crippen LogP contribution in [0.25, 0.3) is 0 Å². The fourth-order valence-corrected chi connectivity index (χ4v) is 3.34. The van der Waals surface area contributed by atoms with Crippen LogP contribution in [-0.2, 0) is 10.0 Å². The van der Waals surface area contributed by atoms with Crippen LogP contribution in [0.2, 0.25) is 0 Å². The van der Waals surface area contributed by atoms with E-state index < -0.39 is 10.0 Å². The summed E-state index contributed by atoms with van der Waals surface area (Å²) in [5.41, 5.74) is 0. The van der Waals surface area contributed by atoms with Crippen molar-refractivity contribution in [2.24, 2.45) is 5.92 Å². The average Bonchev–Trinajstić information content (AvgIpc) is 1.94. The summed E-state index contributed by atoms with van der Waals surface area (Å²) in [6, 6.07) is 0.212. The molecule has 0 aliphatic carbocycles. The third-order valence-electron chi connectivity index (χ3n) is 2.58. The number of nitrogens with zero attached hydrogens (tertiary/aromatic N) is 1. The van der Waals surface area contributed by atoms with Gasteiger partial charge in [-0.2, -0.15) is 0 Å². The normalized spacial score (nSPS) is 30.8. The fourth-order valence-electron chi connectivity index (χ4n) is 1.76. The molecule has 0 radical (unpaired) electrons. The van der Waals surface area contributed by atoms with Crippen molar-refractivity contribution >= 4 is 10.0 Å². The highest BCUT2D eigenvalue weighted by Crippen LogP contribution is 2.23. The highest BCUT2D eigenvalue weighted by molar-refractivity contribution is 7.89. The largest absolute Gasteiger partial charge is 0.214 e. The molecule has 72 valence electrons. The molecular weight excluding hydrogens is 174 g/mol. The van der Waals surface area contributed by atoms with Gasteiger partial charge < -0.3 is 0 Å². The molecule has 1 aliphatic rings. The zero-order chi connectivity index (χ0) is 9.35. The first-order valence-electron chi connectivity index (χ1n) is 4.41. The SMILES string of the molecule is CC(C)C1CCCS(=O)(=O)N1C. The zero-order valence-electron chi connectivity index (χ0n) is 7.95. The second-order valence-corrected chi connectivity index (χ2v) is 5.93. The van der Waals surface area contributed by atoms with E-state index in [0.29, 0.717) is 11.7 Å². The van der Waals surface area contributed by atoms with Gasteiger partial charge >= 0.3 is 0 Å². The van der Waals surface area contributed by atoms with Crippen LogP contribution in [0, 0.1) is 5.92 Å². The van der Waals surface area contributed by atoms with Crippen molar-refractivity contribution in [3.63, 3.8) is 0 Å². The summed E-state index contributed by atoms with van der Waals surface area (Å²) in [6.45, 7) is 4.14. The van der Waals surface area contributed by atoms with Crippen molar-refractivity contribution in [1.82, 2.24) is 4.31 Å². The quantitative estimate of drug-likeness (QED) is 0.621. The first kappa shape index (κ1) is 9.99. The predicted octanol–water partition coefficient (Wildman–Crippen LogP) is 1.07. The molecule has 0 aromatic rings. The van der Waals surface area contributed by atoms with Crippen molar-refractivity contribution in [1.29, 1.82) is 0 Å². The summed E-state index contributed by atoms with van der Waals surface area (Å²) in [4.78, 5) is 0. The van der Waals surface area contributed by atoms with Gasteiger partial charge in [0.25, 0.3) is 0 Å². The van der Waals surface area contributed by atoms with Gasteiger partial charge in [0, 0.05) is 13.1 Å². The van der Waals surface area contributed by atoms with Crippen LogP contribution < -0.4 is 0 Å². The second kappa shape index (κ2) is 3.34. The van der Waals surface area contributed by atoms with Crippen LogP contribution in [0.4, 0.5) is 0 Å². The molecule has 1 atom stereocenters. The monoisotopic (exact) mass is 191 g/mol. The van der Waals surface area contributed by atoms with Gasteiger partial charge in [-0.15, -0.1) is 0 Å². The van der Waals surface area contributed by atoms with E-state index in [-0.39, 0.29) is 6.04 Å². The smallest absolute Gasteiger partial charge is 0.212 e. The van der Waals surface area contributed by atoms with Crippen LogP contribution in [0.15, 0.2) is 0 Å². The topological polar surface area (TPSA) is 37.4 Å². The Balaban J connectivity index is 2.80. The molecule has 0 amide bonds. The van der Waals surface area contributed by atoms with E-state index in [1.165, 1.54) is 0 Å². The van der Waals surface area contributed by atoms with Crippen LogP contribution in [-0.4, -0.2) is 31.6 Å². The van der Waals surface area contributed by atoms with Crippen molar-refractivity contribution in [3.05, 3.63) is 0 Å². The Hall–Kier alpha value is -0.0900. The van der Waals surface area contributed by atoms with Gasteiger partial charge in [-0.3, -0.25) is 0 Å². The Bertz CT molecular complexity index is 246. The molecule has 0 bridgehead atoms. The Morgan fingerprint density at radius 2 is 2.00 bits per heavy atom. The first-order chi connectivity index (χ1) is 5.45. The van der Waals surface area contributed by atoms with E-state index in [2.05, 4.69) is 13.8 Å². The lowest BCUT2D eigenvalue weighted by Gasteiger charge is -2.34. The molecule has 1 rings (SSSR count). The highest BCUT2D eigenvalue weighted by Gasteiger charge is 2.32. The van der Waals surface area contributed by atoms with E-state index >= 15 is 0 Å². The third-order valence-corrected chi connectivity index (χ3v) is 4.53. The molecule has 3 nitrogen and oxygen atoms in total. The van der Waals surface area contributed by atoms with Gasteiger partial charge in [-0.1, -0.05) is 13.8 Å². The Labute approximate surface area is 74.8 Å². The summed E-state index contributed by atoms with van der Waals surface area (Å²) in [5.74, 6) is 0.747. The van der Waals surface area contributed by atoms with Crippen LogP contribution in [0.1, 0.15) is 26.7 Å². The van der Waals surface area contributed by atoms with Gasteiger partial charge in [-0.25, -0.2) is 12.7 Å². The molecule has 0 aromatic carbocycles. The van der Waals surface area contributed by atoms with Crippen molar-refractivity contribution < 1.29 is 8.42 Å². The second-order valence-electron chi connectivity index (χ2n) is 3.79. The minimum Gasteiger partial charge on any atom is -0.212 e. The van der Waals surface area contributed by atoms with Gasteiger partial charge in [-0.05, 0) is 18.8 Å². The van der Waals surface area contributed by atoms with Crippen LogP contribution in [0.3, 0.4) is 0 Å².